The van der Waals surface area contributed by atoms with Crippen LogP contribution in [0.5, 0.6) is 0 Å². The molecule has 1 aromatic heterocycles. The van der Waals surface area contributed by atoms with E-state index in [1.807, 2.05) is 6.07 Å². The molecule has 0 aliphatic carbocycles. The summed E-state index contributed by atoms with van der Waals surface area (Å²) in [5.74, 6) is 0. The average Bonchev–Trinajstić information content (AvgIpc) is 2.76. The molecule has 102 valence electrons. The highest BCUT2D eigenvalue weighted by molar-refractivity contribution is 7.16. The minimum absolute atomic E-state index is 0.156. The summed E-state index contributed by atoms with van der Waals surface area (Å²) in [6.07, 6.45) is 2.30. The van der Waals surface area contributed by atoms with Gasteiger partial charge in [0, 0.05) is 23.5 Å². The first-order chi connectivity index (χ1) is 8.55. The zero-order valence-electron chi connectivity index (χ0n) is 11.2. The topological polar surface area (TPSA) is 32.5 Å². The van der Waals surface area contributed by atoms with Crippen molar-refractivity contribution in [2.75, 3.05) is 33.7 Å². The fourth-order valence-electron chi connectivity index (χ4n) is 2.61. The SMILES string of the molecule is CN1CCC(CN)(N(C)Cc2ccc(Cl)s2)CC1. The van der Waals surface area contributed by atoms with Crippen molar-refractivity contribution in [2.24, 2.45) is 5.73 Å². The van der Waals surface area contributed by atoms with Gasteiger partial charge in [0.2, 0.25) is 0 Å². The molecule has 2 N–H and O–H groups in total. The van der Waals surface area contributed by atoms with Gasteiger partial charge in [-0.2, -0.15) is 0 Å². The summed E-state index contributed by atoms with van der Waals surface area (Å²) in [7, 11) is 4.37. The zero-order chi connectivity index (χ0) is 13.2. The van der Waals surface area contributed by atoms with Gasteiger partial charge in [-0.3, -0.25) is 4.90 Å². The Bertz CT molecular complexity index is 385. The van der Waals surface area contributed by atoms with Crippen molar-refractivity contribution < 1.29 is 0 Å². The van der Waals surface area contributed by atoms with Gasteiger partial charge in [0.05, 0.1) is 4.34 Å². The minimum atomic E-state index is 0.156. The molecule has 1 fully saturated rings. The molecule has 0 unspecified atom stereocenters. The van der Waals surface area contributed by atoms with E-state index in [0.29, 0.717) is 0 Å². The van der Waals surface area contributed by atoms with Crippen molar-refractivity contribution in [1.82, 2.24) is 9.80 Å². The second-order valence-electron chi connectivity index (χ2n) is 5.29. The molecule has 5 heteroatoms. The van der Waals surface area contributed by atoms with E-state index in [2.05, 4.69) is 30.0 Å². The highest BCUT2D eigenvalue weighted by atomic mass is 35.5. The number of nitrogens with zero attached hydrogens (tertiary/aromatic N) is 2. The lowest BCUT2D eigenvalue weighted by atomic mass is 9.86. The summed E-state index contributed by atoms with van der Waals surface area (Å²) < 4.78 is 0.864. The molecule has 0 bridgehead atoms. The van der Waals surface area contributed by atoms with E-state index in [0.717, 1.165) is 43.4 Å². The van der Waals surface area contributed by atoms with Crippen LogP contribution in [0.4, 0.5) is 0 Å². The molecule has 2 heterocycles. The third-order valence-corrected chi connectivity index (χ3v) is 5.35. The highest BCUT2D eigenvalue weighted by Crippen LogP contribution is 2.30. The lowest BCUT2D eigenvalue weighted by Gasteiger charge is -2.46. The number of halogens is 1. The molecule has 1 aliphatic rings. The highest BCUT2D eigenvalue weighted by Gasteiger charge is 2.36. The second kappa shape index (κ2) is 5.88. The number of thiophene rings is 1. The van der Waals surface area contributed by atoms with Crippen molar-refractivity contribution in [3.8, 4) is 0 Å². The van der Waals surface area contributed by atoms with Gasteiger partial charge in [0.15, 0.2) is 0 Å². The molecule has 1 aromatic rings. The molecule has 0 atom stereocenters. The second-order valence-corrected chi connectivity index (χ2v) is 7.09. The van der Waals surface area contributed by atoms with Crippen LogP contribution in [0.1, 0.15) is 17.7 Å². The molecule has 0 radical (unpaired) electrons. The van der Waals surface area contributed by atoms with Crippen LogP contribution in [0.25, 0.3) is 0 Å². The van der Waals surface area contributed by atoms with Crippen molar-refractivity contribution >= 4 is 22.9 Å². The first-order valence-electron chi connectivity index (χ1n) is 6.40. The Kier molecular flexibility index (Phi) is 4.67. The number of piperidine rings is 1. The van der Waals surface area contributed by atoms with E-state index in [1.165, 1.54) is 4.88 Å². The van der Waals surface area contributed by atoms with Gasteiger partial charge in [-0.25, -0.2) is 0 Å². The first kappa shape index (κ1) is 14.3. The van der Waals surface area contributed by atoms with E-state index >= 15 is 0 Å². The average molecular weight is 288 g/mol. The number of likely N-dealkylation sites (N-methyl/N-ethyl adjacent to an activating group) is 1. The Balaban J connectivity index is 2.03. The minimum Gasteiger partial charge on any atom is -0.329 e. The molecule has 1 saturated heterocycles. The number of likely N-dealkylation sites (tertiary alicyclic amines) is 1. The quantitative estimate of drug-likeness (QED) is 0.922. The van der Waals surface area contributed by atoms with Gasteiger partial charge in [-0.15, -0.1) is 11.3 Å². The van der Waals surface area contributed by atoms with Gasteiger partial charge in [-0.1, -0.05) is 11.6 Å². The van der Waals surface area contributed by atoms with Crippen molar-refractivity contribution in [3.05, 3.63) is 21.3 Å². The van der Waals surface area contributed by atoms with Crippen LogP contribution in [0.2, 0.25) is 4.34 Å². The number of hydrogen-bond donors (Lipinski definition) is 1. The van der Waals surface area contributed by atoms with Gasteiger partial charge < -0.3 is 10.6 Å². The van der Waals surface area contributed by atoms with Crippen LogP contribution >= 0.6 is 22.9 Å². The lowest BCUT2D eigenvalue weighted by molar-refractivity contribution is 0.0492. The normalized spacial score (nSPS) is 20.5. The maximum Gasteiger partial charge on any atom is 0.0931 e. The van der Waals surface area contributed by atoms with E-state index in [9.17, 15) is 0 Å². The van der Waals surface area contributed by atoms with E-state index in [4.69, 9.17) is 17.3 Å². The van der Waals surface area contributed by atoms with Gasteiger partial charge in [-0.05, 0) is 52.2 Å². The van der Waals surface area contributed by atoms with Crippen molar-refractivity contribution in [1.29, 1.82) is 0 Å². The van der Waals surface area contributed by atoms with Crippen LogP contribution in [-0.4, -0.2) is 49.1 Å². The molecule has 3 nitrogen and oxygen atoms in total. The molecule has 0 spiro atoms. The lowest BCUT2D eigenvalue weighted by Crippen LogP contribution is -2.57. The Labute approximate surface area is 119 Å². The molecular weight excluding hydrogens is 266 g/mol. The van der Waals surface area contributed by atoms with E-state index in [1.54, 1.807) is 11.3 Å². The largest absolute Gasteiger partial charge is 0.329 e. The molecule has 0 saturated carbocycles. The molecule has 1 aliphatic heterocycles. The fourth-order valence-corrected chi connectivity index (χ4v) is 3.76. The van der Waals surface area contributed by atoms with Crippen molar-refractivity contribution in [2.45, 2.75) is 24.9 Å². The summed E-state index contributed by atoms with van der Waals surface area (Å²) in [6, 6.07) is 4.09. The number of rotatable bonds is 4. The number of nitrogens with two attached hydrogens (primary N) is 1. The predicted octanol–water partition coefficient (Wildman–Crippen LogP) is 2.26. The third-order valence-electron chi connectivity index (χ3n) is 4.13. The van der Waals surface area contributed by atoms with Gasteiger partial charge >= 0.3 is 0 Å². The maximum absolute atomic E-state index is 6.06. The van der Waals surface area contributed by atoms with Gasteiger partial charge in [0.25, 0.3) is 0 Å². The number of hydrogen-bond acceptors (Lipinski definition) is 4. The van der Waals surface area contributed by atoms with Crippen LogP contribution in [-0.2, 0) is 6.54 Å². The zero-order valence-corrected chi connectivity index (χ0v) is 12.7. The third kappa shape index (κ3) is 3.06. The van der Waals surface area contributed by atoms with Crippen LogP contribution < -0.4 is 5.73 Å². The van der Waals surface area contributed by atoms with E-state index in [-0.39, 0.29) is 5.54 Å². The Hall–Kier alpha value is -0.130. The fraction of sp³-hybridized carbons (Fsp3) is 0.692. The Morgan fingerprint density at radius 1 is 1.44 bits per heavy atom. The summed E-state index contributed by atoms with van der Waals surface area (Å²) in [5.41, 5.74) is 6.22. The predicted molar refractivity (Wildman–Crippen MR) is 79.3 cm³/mol. The maximum atomic E-state index is 6.06. The smallest absolute Gasteiger partial charge is 0.0931 e. The van der Waals surface area contributed by atoms with Crippen LogP contribution in [0.15, 0.2) is 12.1 Å². The Morgan fingerprint density at radius 3 is 2.61 bits per heavy atom. The standard InChI is InChI=1S/C13H22ClN3S/c1-16-7-5-13(10-15,6-8-16)17(2)9-11-3-4-12(14)18-11/h3-4H,5-10,15H2,1-2H3. The summed E-state index contributed by atoms with van der Waals surface area (Å²) in [4.78, 5) is 6.11. The monoisotopic (exact) mass is 287 g/mol. The van der Waals surface area contributed by atoms with Crippen molar-refractivity contribution in [3.63, 3.8) is 0 Å². The molecule has 0 amide bonds. The Morgan fingerprint density at radius 2 is 2.11 bits per heavy atom. The van der Waals surface area contributed by atoms with Crippen LogP contribution in [0, 0.1) is 0 Å². The summed E-state index contributed by atoms with van der Waals surface area (Å²) >= 11 is 7.65. The van der Waals surface area contributed by atoms with Gasteiger partial charge in [0.1, 0.15) is 0 Å². The van der Waals surface area contributed by atoms with Crippen LogP contribution in [0.3, 0.4) is 0 Å². The van der Waals surface area contributed by atoms with E-state index < -0.39 is 0 Å². The molecule has 0 aromatic carbocycles. The molecule has 2 rings (SSSR count). The summed E-state index contributed by atoms with van der Waals surface area (Å²) in [6.45, 7) is 3.94. The summed E-state index contributed by atoms with van der Waals surface area (Å²) in [5, 5.41) is 0. The molecule has 18 heavy (non-hydrogen) atoms. The first-order valence-corrected chi connectivity index (χ1v) is 7.59. The molecular formula is C13H22ClN3S.